The number of aromatic amines is 1. The van der Waals surface area contributed by atoms with Crippen LogP contribution in [0.3, 0.4) is 0 Å². The molecule has 1 aromatic carbocycles. The molecule has 1 aliphatic heterocycles. The number of fused-ring (bicyclic) bond motifs is 1. The van der Waals surface area contributed by atoms with E-state index in [4.69, 9.17) is 4.74 Å². The highest BCUT2D eigenvalue weighted by atomic mass is 16.5. The molecule has 0 spiro atoms. The maximum absolute atomic E-state index is 12.5. The van der Waals surface area contributed by atoms with Crippen molar-refractivity contribution in [3.05, 3.63) is 65.6 Å². The number of rotatable bonds is 3. The van der Waals surface area contributed by atoms with Gasteiger partial charge in [0.25, 0.3) is 5.91 Å². The second kappa shape index (κ2) is 5.49. The van der Waals surface area contributed by atoms with Crippen molar-refractivity contribution in [2.45, 2.75) is 6.04 Å². The van der Waals surface area contributed by atoms with Crippen molar-refractivity contribution in [2.24, 2.45) is 0 Å². The molecule has 24 heavy (non-hydrogen) atoms. The number of benzene rings is 1. The molecule has 6 nitrogen and oxygen atoms in total. The summed E-state index contributed by atoms with van der Waals surface area (Å²) in [7, 11) is 3.43. The highest BCUT2D eigenvalue weighted by Crippen LogP contribution is 2.41. The molecule has 0 radical (unpaired) electrons. The summed E-state index contributed by atoms with van der Waals surface area (Å²) in [6, 6.07) is 11.3. The number of ether oxygens (including phenoxy) is 1. The minimum Gasteiger partial charge on any atom is -0.497 e. The summed E-state index contributed by atoms with van der Waals surface area (Å²) >= 11 is 0. The lowest BCUT2D eigenvalue weighted by Crippen LogP contribution is -2.24. The number of methoxy groups -OCH3 is 1. The molecule has 120 valence electrons. The van der Waals surface area contributed by atoms with Crippen LogP contribution in [-0.2, 0) is 0 Å². The second-order valence-electron chi connectivity index (χ2n) is 5.69. The predicted octanol–water partition coefficient (Wildman–Crippen LogP) is 2.66. The topological polar surface area (TPSA) is 71.1 Å². The summed E-state index contributed by atoms with van der Waals surface area (Å²) in [5, 5.41) is 7.29. The van der Waals surface area contributed by atoms with E-state index in [9.17, 15) is 4.79 Å². The monoisotopic (exact) mass is 320 g/mol. The molecule has 0 saturated carbocycles. The molecule has 0 saturated heterocycles. The van der Waals surface area contributed by atoms with E-state index in [1.54, 1.807) is 31.5 Å². The van der Waals surface area contributed by atoms with E-state index in [0.29, 0.717) is 5.69 Å². The van der Waals surface area contributed by atoms with E-state index in [2.05, 4.69) is 15.2 Å². The fourth-order valence-corrected chi connectivity index (χ4v) is 3.16. The maximum atomic E-state index is 12.5. The average Bonchev–Trinajstić information content (AvgIpc) is 3.16. The number of nitrogens with one attached hydrogen (secondary N) is 1. The fourth-order valence-electron chi connectivity index (χ4n) is 3.16. The van der Waals surface area contributed by atoms with E-state index in [1.165, 1.54) is 0 Å². The van der Waals surface area contributed by atoms with Gasteiger partial charge in [-0.05, 0) is 35.9 Å². The van der Waals surface area contributed by atoms with E-state index in [1.807, 2.05) is 36.4 Å². The molecule has 1 atom stereocenters. The van der Waals surface area contributed by atoms with Crippen LogP contribution in [0.15, 0.2) is 48.8 Å². The van der Waals surface area contributed by atoms with Gasteiger partial charge in [0.2, 0.25) is 0 Å². The van der Waals surface area contributed by atoms with Crippen LogP contribution in [0.5, 0.6) is 5.75 Å². The van der Waals surface area contributed by atoms with Crippen molar-refractivity contribution in [2.75, 3.05) is 14.2 Å². The van der Waals surface area contributed by atoms with Crippen LogP contribution in [0.25, 0.3) is 11.3 Å². The zero-order valence-electron chi connectivity index (χ0n) is 13.4. The van der Waals surface area contributed by atoms with Crippen molar-refractivity contribution >= 4 is 5.91 Å². The van der Waals surface area contributed by atoms with Gasteiger partial charge in [-0.25, -0.2) is 0 Å². The first-order chi connectivity index (χ1) is 11.7. The van der Waals surface area contributed by atoms with Crippen molar-refractivity contribution in [3.63, 3.8) is 0 Å². The molecular weight excluding hydrogens is 304 g/mol. The van der Waals surface area contributed by atoms with E-state index in [-0.39, 0.29) is 11.9 Å². The Hall–Kier alpha value is -3.15. The van der Waals surface area contributed by atoms with E-state index < -0.39 is 0 Å². The number of carbonyl (C=O) groups excluding carboxylic acids is 1. The Morgan fingerprint density at radius 1 is 1.21 bits per heavy atom. The smallest absolute Gasteiger partial charge is 0.272 e. The van der Waals surface area contributed by atoms with Crippen LogP contribution < -0.4 is 4.74 Å². The van der Waals surface area contributed by atoms with Crippen LogP contribution >= 0.6 is 0 Å². The summed E-state index contributed by atoms with van der Waals surface area (Å²) in [5.74, 6) is 0.717. The molecule has 6 heteroatoms. The molecule has 2 aromatic heterocycles. The van der Waals surface area contributed by atoms with Gasteiger partial charge in [0.15, 0.2) is 0 Å². The predicted molar refractivity (Wildman–Crippen MR) is 88.7 cm³/mol. The normalized spacial score (nSPS) is 16.3. The third kappa shape index (κ3) is 2.07. The number of amides is 1. The van der Waals surface area contributed by atoms with Crippen molar-refractivity contribution in [1.82, 2.24) is 20.1 Å². The van der Waals surface area contributed by atoms with Gasteiger partial charge in [-0.1, -0.05) is 6.07 Å². The second-order valence-corrected chi connectivity index (χ2v) is 5.69. The Morgan fingerprint density at radius 2 is 2.00 bits per heavy atom. The number of aromatic nitrogens is 3. The molecule has 0 unspecified atom stereocenters. The molecule has 0 aliphatic carbocycles. The quantitative estimate of drug-likeness (QED) is 0.805. The molecule has 3 heterocycles. The first kappa shape index (κ1) is 14.4. The first-order valence-corrected chi connectivity index (χ1v) is 7.60. The number of hydrogen-bond donors (Lipinski definition) is 1. The van der Waals surface area contributed by atoms with Gasteiger partial charge < -0.3 is 9.64 Å². The summed E-state index contributed by atoms with van der Waals surface area (Å²) in [5.41, 5.74) is 4.10. The van der Waals surface area contributed by atoms with Crippen LogP contribution in [0.2, 0.25) is 0 Å². The molecule has 4 rings (SSSR count). The summed E-state index contributed by atoms with van der Waals surface area (Å²) < 4.78 is 5.20. The molecule has 1 aliphatic rings. The van der Waals surface area contributed by atoms with Crippen LogP contribution in [0.1, 0.15) is 27.7 Å². The Kier molecular flexibility index (Phi) is 3.30. The Morgan fingerprint density at radius 3 is 2.67 bits per heavy atom. The van der Waals surface area contributed by atoms with Gasteiger partial charge >= 0.3 is 0 Å². The maximum Gasteiger partial charge on any atom is 0.272 e. The van der Waals surface area contributed by atoms with Crippen LogP contribution in [-0.4, -0.2) is 40.1 Å². The van der Waals surface area contributed by atoms with Crippen LogP contribution in [0, 0.1) is 0 Å². The average molecular weight is 320 g/mol. The molecule has 0 bridgehead atoms. The number of pyridine rings is 1. The third-order valence-corrected chi connectivity index (χ3v) is 4.36. The van der Waals surface area contributed by atoms with Gasteiger partial charge in [-0.2, -0.15) is 5.10 Å². The van der Waals surface area contributed by atoms with Gasteiger partial charge in [0.1, 0.15) is 11.4 Å². The van der Waals surface area contributed by atoms with Gasteiger partial charge in [-0.3, -0.25) is 14.9 Å². The Labute approximate surface area is 139 Å². The number of nitrogens with zero attached hydrogens (tertiary/aromatic N) is 3. The third-order valence-electron chi connectivity index (χ3n) is 4.36. The van der Waals surface area contributed by atoms with Gasteiger partial charge in [0, 0.05) is 30.6 Å². The van der Waals surface area contributed by atoms with Crippen molar-refractivity contribution in [1.29, 1.82) is 0 Å². The highest BCUT2D eigenvalue weighted by Gasteiger charge is 2.40. The minimum absolute atomic E-state index is 0.0638. The lowest BCUT2D eigenvalue weighted by Gasteiger charge is -2.21. The van der Waals surface area contributed by atoms with E-state index in [0.717, 1.165) is 28.1 Å². The van der Waals surface area contributed by atoms with E-state index >= 15 is 0 Å². The SMILES string of the molecule is COc1ccc(-c2n[nH]c3c2[C@@H](c2cccnc2)N(C)C3=O)cc1. The zero-order chi connectivity index (χ0) is 16.7. The van der Waals surface area contributed by atoms with Crippen molar-refractivity contribution in [3.8, 4) is 17.0 Å². The van der Waals surface area contributed by atoms with Crippen molar-refractivity contribution < 1.29 is 9.53 Å². The minimum atomic E-state index is -0.197. The lowest BCUT2D eigenvalue weighted by molar-refractivity contribution is 0.0787. The summed E-state index contributed by atoms with van der Waals surface area (Å²) in [6.07, 6.45) is 3.51. The molecule has 0 fully saturated rings. The zero-order valence-corrected chi connectivity index (χ0v) is 13.4. The molecular formula is C18H16N4O2. The van der Waals surface area contributed by atoms with Gasteiger partial charge in [-0.15, -0.1) is 0 Å². The molecule has 1 N–H and O–H groups in total. The molecule has 1 amide bonds. The summed E-state index contributed by atoms with van der Waals surface area (Å²) in [4.78, 5) is 18.4. The number of hydrogen-bond acceptors (Lipinski definition) is 4. The summed E-state index contributed by atoms with van der Waals surface area (Å²) in [6.45, 7) is 0. The Balaban J connectivity index is 1.86. The fraction of sp³-hybridized carbons (Fsp3) is 0.167. The highest BCUT2D eigenvalue weighted by molar-refractivity contribution is 5.99. The molecule has 3 aromatic rings. The standard InChI is InChI=1S/C18H16N4O2/c1-22-17(12-4-3-9-19-10-12)14-15(20-21-16(14)18(22)23)11-5-7-13(24-2)8-6-11/h3-10,17H,1-2H3,(H,20,21)/t17-/m1/s1. The lowest BCUT2D eigenvalue weighted by atomic mass is 9.97. The Bertz CT molecular complexity index is 887. The first-order valence-electron chi connectivity index (χ1n) is 7.60. The number of H-pyrrole nitrogens is 1. The largest absolute Gasteiger partial charge is 0.497 e. The number of carbonyl (C=O) groups is 1. The van der Waals surface area contributed by atoms with Gasteiger partial charge in [0.05, 0.1) is 18.8 Å². The van der Waals surface area contributed by atoms with Crippen LogP contribution in [0.4, 0.5) is 0 Å².